The van der Waals surface area contributed by atoms with Gasteiger partial charge in [-0.1, -0.05) is 11.6 Å². The summed E-state index contributed by atoms with van der Waals surface area (Å²) in [5.41, 5.74) is 0.212. The molecule has 1 unspecified atom stereocenters. The van der Waals surface area contributed by atoms with E-state index in [9.17, 15) is 9.59 Å². The summed E-state index contributed by atoms with van der Waals surface area (Å²) in [6, 6.07) is 4.08. The van der Waals surface area contributed by atoms with Crippen LogP contribution in [0.4, 0.5) is 10.5 Å². The van der Waals surface area contributed by atoms with E-state index in [1.807, 2.05) is 0 Å². The molecule has 1 fully saturated rings. The van der Waals surface area contributed by atoms with Crippen LogP contribution in [0.1, 0.15) is 16.8 Å². The van der Waals surface area contributed by atoms with Gasteiger partial charge in [-0.05, 0) is 30.4 Å². The molecule has 2 rings (SSSR count). The number of urea groups is 1. The number of carbonyl (C=O) groups is 2. The molecule has 3 N–H and O–H groups in total. The van der Waals surface area contributed by atoms with Crippen molar-refractivity contribution < 1.29 is 14.7 Å². The first-order valence-electron chi connectivity index (χ1n) is 5.74. The first-order valence-corrected chi connectivity index (χ1v) is 7.27. The van der Waals surface area contributed by atoms with E-state index in [2.05, 4.69) is 10.6 Å². The molecule has 7 heteroatoms. The molecule has 0 radical (unpaired) electrons. The van der Waals surface area contributed by atoms with Crippen molar-refractivity contribution in [3.05, 3.63) is 28.8 Å². The highest BCUT2D eigenvalue weighted by Gasteiger charge is 2.19. The summed E-state index contributed by atoms with van der Waals surface area (Å²) in [6.07, 6.45) is 0.935. The molecule has 1 saturated heterocycles. The maximum Gasteiger partial charge on any atom is 0.337 e. The lowest BCUT2D eigenvalue weighted by Gasteiger charge is -2.13. The first kappa shape index (κ1) is 14.0. The minimum absolute atomic E-state index is 0.0246. The first-order chi connectivity index (χ1) is 9.06. The number of hydrogen-bond acceptors (Lipinski definition) is 3. The molecular weight excluding hydrogens is 288 g/mol. The molecule has 1 atom stereocenters. The maximum atomic E-state index is 11.8. The van der Waals surface area contributed by atoms with E-state index in [1.165, 1.54) is 18.2 Å². The van der Waals surface area contributed by atoms with Gasteiger partial charge in [0.2, 0.25) is 0 Å². The Morgan fingerprint density at radius 1 is 1.42 bits per heavy atom. The Hall–Kier alpha value is -1.40. The van der Waals surface area contributed by atoms with Crippen molar-refractivity contribution in [2.24, 2.45) is 0 Å². The van der Waals surface area contributed by atoms with E-state index in [1.54, 1.807) is 11.8 Å². The van der Waals surface area contributed by atoms with Crippen LogP contribution in [0, 0.1) is 0 Å². The minimum Gasteiger partial charge on any atom is -0.478 e. The number of benzene rings is 1. The predicted molar refractivity (Wildman–Crippen MR) is 76.3 cm³/mol. The van der Waals surface area contributed by atoms with Gasteiger partial charge in [-0.3, -0.25) is 0 Å². The van der Waals surface area contributed by atoms with Crippen LogP contribution in [0.15, 0.2) is 18.2 Å². The number of rotatable bonds is 3. The molecule has 1 heterocycles. The van der Waals surface area contributed by atoms with Crippen molar-refractivity contribution in [3.63, 3.8) is 0 Å². The van der Waals surface area contributed by atoms with Crippen LogP contribution in [0.3, 0.4) is 0 Å². The zero-order valence-corrected chi connectivity index (χ0v) is 11.6. The van der Waals surface area contributed by atoms with E-state index in [0.29, 0.717) is 5.02 Å². The predicted octanol–water partition coefficient (Wildman–Crippen LogP) is 2.67. The van der Waals surface area contributed by atoms with Gasteiger partial charge < -0.3 is 15.7 Å². The van der Waals surface area contributed by atoms with Gasteiger partial charge in [0.25, 0.3) is 0 Å². The van der Waals surface area contributed by atoms with Crippen molar-refractivity contribution in [3.8, 4) is 0 Å². The summed E-state index contributed by atoms with van der Waals surface area (Å²) in [7, 11) is 0. The van der Waals surface area contributed by atoms with Gasteiger partial charge >= 0.3 is 12.0 Å². The van der Waals surface area contributed by atoms with Gasteiger partial charge in [0, 0.05) is 16.8 Å². The Labute approximate surface area is 119 Å². The van der Waals surface area contributed by atoms with E-state index in [-0.39, 0.29) is 17.3 Å². The summed E-state index contributed by atoms with van der Waals surface area (Å²) in [4.78, 5) is 22.8. The van der Waals surface area contributed by atoms with E-state index in [4.69, 9.17) is 16.7 Å². The smallest absolute Gasteiger partial charge is 0.337 e. The van der Waals surface area contributed by atoms with Gasteiger partial charge in [0.05, 0.1) is 11.3 Å². The number of halogens is 1. The second kappa shape index (κ2) is 6.16. The lowest BCUT2D eigenvalue weighted by molar-refractivity contribution is 0.0698. The molecule has 102 valence electrons. The van der Waals surface area contributed by atoms with E-state index < -0.39 is 12.0 Å². The third-order valence-corrected chi connectivity index (χ3v) is 4.12. The van der Waals surface area contributed by atoms with Crippen LogP contribution in [-0.4, -0.2) is 34.7 Å². The Balaban J connectivity index is 2.05. The Kier molecular flexibility index (Phi) is 4.55. The SMILES string of the molecule is O=C(Nc1ccc(Cl)cc1C(=O)O)NC1CCSC1. The molecule has 0 aliphatic carbocycles. The van der Waals surface area contributed by atoms with Crippen molar-refractivity contribution >= 4 is 41.1 Å². The summed E-state index contributed by atoms with van der Waals surface area (Å²) >= 11 is 7.53. The summed E-state index contributed by atoms with van der Waals surface area (Å²) < 4.78 is 0. The van der Waals surface area contributed by atoms with Crippen LogP contribution in [-0.2, 0) is 0 Å². The standard InChI is InChI=1S/C12H13ClN2O3S/c13-7-1-2-10(9(5-7)11(16)17)15-12(18)14-8-3-4-19-6-8/h1-2,5,8H,3-4,6H2,(H,16,17)(H2,14,15,18). The topological polar surface area (TPSA) is 78.4 Å². The average molecular weight is 301 g/mol. The fourth-order valence-electron chi connectivity index (χ4n) is 1.79. The van der Waals surface area contributed by atoms with Crippen LogP contribution in [0.2, 0.25) is 5.02 Å². The molecule has 0 saturated carbocycles. The van der Waals surface area contributed by atoms with Gasteiger partial charge in [-0.25, -0.2) is 9.59 Å². The molecule has 0 aromatic heterocycles. The maximum absolute atomic E-state index is 11.8. The monoisotopic (exact) mass is 300 g/mol. The van der Waals surface area contributed by atoms with Gasteiger partial charge in [-0.2, -0.15) is 11.8 Å². The van der Waals surface area contributed by atoms with Gasteiger partial charge in [0.1, 0.15) is 0 Å². The summed E-state index contributed by atoms with van der Waals surface area (Å²) in [6.45, 7) is 0. The van der Waals surface area contributed by atoms with Crippen LogP contribution >= 0.6 is 23.4 Å². The zero-order chi connectivity index (χ0) is 13.8. The van der Waals surface area contributed by atoms with Crippen LogP contribution in [0.5, 0.6) is 0 Å². The van der Waals surface area contributed by atoms with Crippen molar-refractivity contribution in [1.29, 1.82) is 0 Å². The van der Waals surface area contributed by atoms with Gasteiger partial charge in [0.15, 0.2) is 0 Å². The van der Waals surface area contributed by atoms with Crippen molar-refractivity contribution in [2.45, 2.75) is 12.5 Å². The number of anilines is 1. The summed E-state index contributed by atoms with van der Waals surface area (Å²) in [5.74, 6) is 0.792. The summed E-state index contributed by atoms with van der Waals surface area (Å²) in [5, 5.41) is 14.7. The lowest BCUT2D eigenvalue weighted by Crippen LogP contribution is -2.38. The highest BCUT2D eigenvalue weighted by Crippen LogP contribution is 2.21. The Morgan fingerprint density at radius 3 is 2.84 bits per heavy atom. The number of carboxylic acids is 1. The molecule has 1 aromatic rings. The van der Waals surface area contributed by atoms with Gasteiger partial charge in [-0.15, -0.1) is 0 Å². The number of carbonyl (C=O) groups excluding carboxylic acids is 1. The molecule has 0 bridgehead atoms. The molecule has 2 amide bonds. The normalized spacial score (nSPS) is 18.1. The number of amides is 2. The lowest BCUT2D eigenvalue weighted by atomic mass is 10.2. The highest BCUT2D eigenvalue weighted by atomic mass is 35.5. The second-order valence-corrected chi connectivity index (χ2v) is 5.74. The molecule has 1 aromatic carbocycles. The fraction of sp³-hybridized carbons (Fsp3) is 0.333. The molecule has 5 nitrogen and oxygen atoms in total. The molecule has 1 aliphatic heterocycles. The largest absolute Gasteiger partial charge is 0.478 e. The second-order valence-electron chi connectivity index (χ2n) is 4.15. The fourth-order valence-corrected chi connectivity index (χ4v) is 3.12. The van der Waals surface area contributed by atoms with Crippen molar-refractivity contribution in [2.75, 3.05) is 16.8 Å². The Bertz CT molecular complexity index is 504. The average Bonchev–Trinajstić information content (AvgIpc) is 2.83. The number of thioether (sulfide) groups is 1. The van der Waals surface area contributed by atoms with Crippen molar-refractivity contribution in [1.82, 2.24) is 5.32 Å². The molecule has 1 aliphatic rings. The van der Waals surface area contributed by atoms with E-state index in [0.717, 1.165) is 17.9 Å². The van der Waals surface area contributed by atoms with E-state index >= 15 is 0 Å². The number of carboxylic acid groups (broad SMARTS) is 1. The molecule has 19 heavy (non-hydrogen) atoms. The number of hydrogen-bond donors (Lipinski definition) is 3. The van der Waals surface area contributed by atoms with Crippen LogP contribution in [0.25, 0.3) is 0 Å². The Morgan fingerprint density at radius 2 is 2.21 bits per heavy atom. The highest BCUT2D eigenvalue weighted by molar-refractivity contribution is 7.99. The molecule has 0 spiro atoms. The number of aromatic carboxylic acids is 1. The van der Waals surface area contributed by atoms with Crippen LogP contribution < -0.4 is 10.6 Å². The quantitative estimate of drug-likeness (QED) is 0.802. The third kappa shape index (κ3) is 3.78. The molecular formula is C12H13ClN2O3S. The zero-order valence-electron chi connectivity index (χ0n) is 9.98. The minimum atomic E-state index is -1.13. The third-order valence-electron chi connectivity index (χ3n) is 2.73. The number of nitrogens with one attached hydrogen (secondary N) is 2.